The van der Waals surface area contributed by atoms with Crippen LogP contribution in [0.2, 0.25) is 0 Å². The van der Waals surface area contributed by atoms with E-state index in [0.29, 0.717) is 12.4 Å². The van der Waals surface area contributed by atoms with Crippen LogP contribution in [0.15, 0.2) is 91.0 Å². The first-order chi connectivity index (χ1) is 14.8. The number of amides is 1. The molecule has 30 heavy (non-hydrogen) atoms. The number of tetrazole rings is 1. The summed E-state index contributed by atoms with van der Waals surface area (Å²) in [5.74, 6) is 0.437. The number of hydrogen-bond donors (Lipinski definition) is 1. The van der Waals surface area contributed by atoms with Gasteiger partial charge in [0.05, 0.1) is 12.5 Å². The molecule has 6 nitrogen and oxygen atoms in total. The van der Waals surface area contributed by atoms with E-state index in [0.717, 1.165) is 17.5 Å². The van der Waals surface area contributed by atoms with E-state index in [1.54, 1.807) is 4.68 Å². The van der Waals surface area contributed by atoms with E-state index in [1.165, 1.54) is 5.56 Å². The van der Waals surface area contributed by atoms with Gasteiger partial charge < -0.3 is 5.32 Å². The van der Waals surface area contributed by atoms with Crippen LogP contribution < -0.4 is 5.32 Å². The molecule has 0 aliphatic carbocycles. The highest BCUT2D eigenvalue weighted by atomic mass is 16.1. The number of benzene rings is 3. The minimum Gasteiger partial charge on any atom is -0.345 e. The molecule has 150 valence electrons. The number of hydrogen-bond acceptors (Lipinski definition) is 4. The van der Waals surface area contributed by atoms with Crippen molar-refractivity contribution in [2.75, 3.05) is 0 Å². The van der Waals surface area contributed by atoms with Crippen LogP contribution in [0.1, 0.15) is 28.6 Å². The summed E-state index contributed by atoms with van der Waals surface area (Å²) in [7, 11) is 0. The number of nitrogens with zero attached hydrogens (tertiary/aromatic N) is 4. The van der Waals surface area contributed by atoms with Crippen molar-refractivity contribution in [3.05, 3.63) is 114 Å². The molecule has 0 fully saturated rings. The van der Waals surface area contributed by atoms with E-state index in [9.17, 15) is 4.79 Å². The number of carbonyl (C=O) groups excluding carboxylic acids is 1. The first-order valence-corrected chi connectivity index (χ1v) is 9.98. The van der Waals surface area contributed by atoms with Crippen LogP contribution in [0, 0.1) is 0 Å². The number of aromatic nitrogens is 4. The van der Waals surface area contributed by atoms with Gasteiger partial charge in [0.1, 0.15) is 0 Å². The molecule has 3 aromatic carbocycles. The molecule has 0 aliphatic heterocycles. The molecular weight excluding hydrogens is 374 g/mol. The van der Waals surface area contributed by atoms with Crippen LogP contribution >= 0.6 is 0 Å². The van der Waals surface area contributed by atoms with Crippen LogP contribution in [0.3, 0.4) is 0 Å². The molecule has 0 radical (unpaired) electrons. The minimum atomic E-state index is -0.228. The highest BCUT2D eigenvalue weighted by Gasteiger charge is 2.19. The molecule has 4 aromatic rings. The number of rotatable bonds is 8. The maximum atomic E-state index is 12.9. The summed E-state index contributed by atoms with van der Waals surface area (Å²) in [4.78, 5) is 12.9. The Bertz CT molecular complexity index is 1020. The third-order valence-corrected chi connectivity index (χ3v) is 4.95. The monoisotopic (exact) mass is 397 g/mol. The Morgan fingerprint density at radius 1 is 0.833 bits per heavy atom. The van der Waals surface area contributed by atoms with Crippen molar-refractivity contribution < 1.29 is 4.79 Å². The third-order valence-electron chi connectivity index (χ3n) is 4.95. The maximum absolute atomic E-state index is 12.9. The Balaban J connectivity index is 1.45. The van der Waals surface area contributed by atoms with Crippen molar-refractivity contribution in [3.63, 3.8) is 0 Å². The van der Waals surface area contributed by atoms with Gasteiger partial charge >= 0.3 is 0 Å². The van der Waals surface area contributed by atoms with E-state index in [1.807, 2.05) is 78.9 Å². The molecule has 1 aromatic heterocycles. The van der Waals surface area contributed by atoms with Crippen molar-refractivity contribution >= 4 is 5.91 Å². The summed E-state index contributed by atoms with van der Waals surface area (Å²) in [6, 6.07) is 29.8. The molecule has 0 saturated heterocycles. The van der Waals surface area contributed by atoms with Crippen LogP contribution in [-0.4, -0.2) is 26.1 Å². The van der Waals surface area contributed by atoms with Crippen molar-refractivity contribution in [1.82, 2.24) is 25.5 Å². The van der Waals surface area contributed by atoms with Crippen LogP contribution in [0.5, 0.6) is 0 Å². The highest BCUT2D eigenvalue weighted by Crippen LogP contribution is 2.21. The normalized spacial score (nSPS) is 10.8. The largest absolute Gasteiger partial charge is 0.345 e. The molecule has 0 bridgehead atoms. The summed E-state index contributed by atoms with van der Waals surface area (Å²) in [5.41, 5.74) is 3.26. The first-order valence-electron chi connectivity index (χ1n) is 9.98. The SMILES string of the molecule is O=C(Cc1nnnn1CCc1ccccc1)NC(c1ccccc1)c1ccccc1. The van der Waals surface area contributed by atoms with Gasteiger partial charge in [-0.05, 0) is 33.5 Å². The van der Waals surface area contributed by atoms with Gasteiger partial charge in [-0.25, -0.2) is 4.68 Å². The Morgan fingerprint density at radius 3 is 2.00 bits per heavy atom. The lowest BCUT2D eigenvalue weighted by Crippen LogP contribution is -2.31. The maximum Gasteiger partial charge on any atom is 0.228 e. The Labute approximate surface area is 175 Å². The Kier molecular flexibility index (Phi) is 6.25. The lowest BCUT2D eigenvalue weighted by molar-refractivity contribution is -0.121. The molecular formula is C24H23N5O. The van der Waals surface area contributed by atoms with Gasteiger partial charge in [0.2, 0.25) is 5.91 Å². The summed E-state index contributed by atoms with van der Waals surface area (Å²) >= 11 is 0. The van der Waals surface area contributed by atoms with Gasteiger partial charge in [-0.3, -0.25) is 4.79 Å². The zero-order valence-electron chi connectivity index (χ0n) is 16.6. The van der Waals surface area contributed by atoms with Gasteiger partial charge in [0, 0.05) is 6.54 Å². The highest BCUT2D eigenvalue weighted by molar-refractivity contribution is 5.78. The van der Waals surface area contributed by atoms with Gasteiger partial charge in [-0.1, -0.05) is 91.0 Å². The fraction of sp³-hybridized carbons (Fsp3) is 0.167. The average molecular weight is 397 g/mol. The topological polar surface area (TPSA) is 72.7 Å². The number of aryl methyl sites for hydroxylation is 2. The van der Waals surface area contributed by atoms with Crippen molar-refractivity contribution in [3.8, 4) is 0 Å². The zero-order chi connectivity index (χ0) is 20.6. The van der Waals surface area contributed by atoms with Gasteiger partial charge in [0.25, 0.3) is 0 Å². The molecule has 0 aliphatic rings. The summed E-state index contributed by atoms with van der Waals surface area (Å²) < 4.78 is 1.70. The fourth-order valence-electron chi connectivity index (χ4n) is 3.41. The Morgan fingerprint density at radius 2 is 1.40 bits per heavy atom. The second-order valence-corrected chi connectivity index (χ2v) is 7.05. The van der Waals surface area contributed by atoms with Gasteiger partial charge in [-0.2, -0.15) is 0 Å². The second kappa shape index (κ2) is 9.60. The van der Waals surface area contributed by atoms with Crippen molar-refractivity contribution in [2.45, 2.75) is 25.4 Å². The number of carbonyl (C=O) groups is 1. The lowest BCUT2D eigenvalue weighted by Gasteiger charge is -2.20. The molecule has 0 spiro atoms. The van der Waals surface area contributed by atoms with E-state index in [-0.39, 0.29) is 18.4 Å². The summed E-state index contributed by atoms with van der Waals surface area (Å²) in [5, 5.41) is 15.0. The number of nitrogens with one attached hydrogen (secondary N) is 1. The lowest BCUT2D eigenvalue weighted by atomic mass is 9.98. The van der Waals surface area contributed by atoms with E-state index in [4.69, 9.17) is 0 Å². The average Bonchev–Trinajstić information content (AvgIpc) is 3.24. The minimum absolute atomic E-state index is 0.122. The van der Waals surface area contributed by atoms with E-state index >= 15 is 0 Å². The van der Waals surface area contributed by atoms with Crippen LogP contribution in [0.4, 0.5) is 0 Å². The van der Waals surface area contributed by atoms with Gasteiger partial charge in [-0.15, -0.1) is 5.10 Å². The zero-order valence-corrected chi connectivity index (χ0v) is 16.6. The molecule has 6 heteroatoms. The van der Waals surface area contributed by atoms with E-state index < -0.39 is 0 Å². The van der Waals surface area contributed by atoms with E-state index in [2.05, 4.69) is 33.0 Å². The fourth-order valence-corrected chi connectivity index (χ4v) is 3.41. The molecule has 1 heterocycles. The van der Waals surface area contributed by atoms with Crippen molar-refractivity contribution in [2.24, 2.45) is 0 Å². The van der Waals surface area contributed by atoms with Crippen LogP contribution in [-0.2, 0) is 24.2 Å². The molecule has 0 unspecified atom stereocenters. The molecule has 0 saturated carbocycles. The smallest absolute Gasteiger partial charge is 0.228 e. The molecule has 4 rings (SSSR count). The molecule has 1 amide bonds. The van der Waals surface area contributed by atoms with Gasteiger partial charge in [0.15, 0.2) is 5.82 Å². The second-order valence-electron chi connectivity index (χ2n) is 7.05. The quantitative estimate of drug-likeness (QED) is 0.495. The standard InChI is InChI=1S/C24H23N5O/c30-23(18-22-26-27-28-29(22)17-16-19-10-4-1-5-11-19)25-24(20-12-6-2-7-13-20)21-14-8-3-9-15-21/h1-15,24H,16-18H2,(H,25,30). The summed E-state index contributed by atoms with van der Waals surface area (Å²) in [6.07, 6.45) is 0.926. The third kappa shape index (κ3) is 4.97. The molecule has 0 atom stereocenters. The first kappa shape index (κ1) is 19.5. The summed E-state index contributed by atoms with van der Waals surface area (Å²) in [6.45, 7) is 0.625. The predicted octanol–water partition coefficient (Wildman–Crippen LogP) is 3.36. The Hall–Kier alpha value is -3.80. The predicted molar refractivity (Wildman–Crippen MR) is 115 cm³/mol. The molecule has 1 N–H and O–H groups in total. The van der Waals surface area contributed by atoms with Crippen molar-refractivity contribution in [1.29, 1.82) is 0 Å². The van der Waals surface area contributed by atoms with Crippen LogP contribution in [0.25, 0.3) is 0 Å².